The molecule has 2 aliphatic carbocycles. The van der Waals surface area contributed by atoms with Crippen LogP contribution in [0.5, 0.6) is 0 Å². The summed E-state index contributed by atoms with van der Waals surface area (Å²) >= 11 is 1.94. The average Bonchev–Trinajstić information content (AvgIpc) is 4.02. The number of nitrogens with one attached hydrogen (secondary N) is 1. The van der Waals surface area contributed by atoms with Crippen LogP contribution in [0.4, 0.5) is 11.4 Å². The third-order valence-corrected chi connectivity index (χ3v) is 17.8. The first-order valence-corrected chi connectivity index (χ1v) is 25.3. The predicted molar refractivity (Wildman–Crippen MR) is 293 cm³/mol. The van der Waals surface area contributed by atoms with Crippen LogP contribution in [0, 0.1) is 0 Å². The van der Waals surface area contributed by atoms with E-state index in [0.29, 0.717) is 0 Å². The van der Waals surface area contributed by atoms with E-state index in [1.807, 2.05) is 11.3 Å². The Morgan fingerprint density at radius 3 is 2.06 bits per heavy atom. The van der Waals surface area contributed by atoms with Gasteiger partial charge in [0, 0.05) is 75.3 Å². The Morgan fingerprint density at radius 1 is 0.559 bits per heavy atom. The van der Waals surface area contributed by atoms with Gasteiger partial charge in [-0.2, -0.15) is 0 Å². The zero-order chi connectivity index (χ0) is 46.4. The van der Waals surface area contributed by atoms with Gasteiger partial charge in [0.1, 0.15) is 11.2 Å². The molecule has 5 heteroatoms. The number of rotatable bonds is 3. The van der Waals surface area contributed by atoms with E-state index in [4.69, 9.17) is 4.42 Å². The molecule has 4 heterocycles. The highest BCUT2D eigenvalue weighted by Gasteiger charge is 2.39. The first-order chi connectivity index (χ1) is 32.5. The van der Waals surface area contributed by atoms with Gasteiger partial charge in [-0.3, -0.25) is 0 Å². The summed E-state index contributed by atoms with van der Waals surface area (Å²) in [7, 11) is 2.45. The number of anilines is 2. The minimum absolute atomic E-state index is 0.0673. The third-order valence-electron chi connectivity index (χ3n) is 16.6. The highest BCUT2D eigenvalue weighted by Crippen LogP contribution is 2.53. The lowest BCUT2D eigenvalue weighted by Crippen LogP contribution is -2.37. The van der Waals surface area contributed by atoms with Crippen LogP contribution in [-0.4, -0.2) is 11.8 Å². The molecule has 3 aromatic heterocycles. The van der Waals surface area contributed by atoms with Crippen LogP contribution in [0.15, 0.2) is 138 Å². The minimum atomic E-state index is -0.113. The van der Waals surface area contributed by atoms with Crippen molar-refractivity contribution < 1.29 is 4.42 Å². The number of aromatic nitrogens is 1. The zero-order valence-corrected chi connectivity index (χ0v) is 41.3. The SMILES string of the molecule is CC(C)(C)c1ccc(Nc2cc3sc4cc5c(cc4c3cc2-c2ccc3c4cc6c(cc4n4c3c2[B]c2cc3oc7ccccc7c3cc2-4)-c2ccccc2C6(C)C)C(C)(C)CCC5(C)C)cc1. The largest absolute Gasteiger partial charge is 0.456 e. The molecule has 3 nitrogen and oxygen atoms in total. The number of benzene rings is 8. The summed E-state index contributed by atoms with van der Waals surface area (Å²) in [6, 6.07) is 51.1. The van der Waals surface area contributed by atoms with E-state index in [1.54, 1.807) is 0 Å². The zero-order valence-electron chi connectivity index (χ0n) is 40.5. The highest BCUT2D eigenvalue weighted by atomic mass is 32.1. The molecule has 1 radical (unpaired) electrons. The van der Waals surface area contributed by atoms with E-state index in [0.717, 1.165) is 38.8 Å². The standard InChI is InChI=1S/C63H54BN2OS/c1-60(2,3)34-18-20-35(21-19-34)65-51-33-57-44(45-28-48-49(31-56(45)68-57)62(6,7)25-24-61(48,4)5)26-41(51)38-22-23-39-42-27-47-40(36-14-10-12-16-46(36)63(47,8)9)29-52(42)66-53-30-43-37-15-11-13-17-54(37)67-55(43)32-50(53)64-58(38)59(39)66/h10-23,26-33,65H,24-25H2,1-9H3. The summed E-state index contributed by atoms with van der Waals surface area (Å²) < 4.78 is 11.9. The summed E-state index contributed by atoms with van der Waals surface area (Å²) in [6.45, 7) is 21.4. The number of thiophene rings is 1. The van der Waals surface area contributed by atoms with Gasteiger partial charge in [-0.05, 0) is 146 Å². The fraction of sp³-hybridized carbons (Fsp3) is 0.238. The second-order valence-corrected chi connectivity index (χ2v) is 24.2. The first-order valence-electron chi connectivity index (χ1n) is 24.5. The molecule has 8 aromatic carbocycles. The van der Waals surface area contributed by atoms with Crippen LogP contribution in [0.25, 0.3) is 91.9 Å². The molecular weight excluding hydrogens is 844 g/mol. The van der Waals surface area contributed by atoms with E-state index in [2.05, 4.69) is 213 Å². The van der Waals surface area contributed by atoms with E-state index < -0.39 is 0 Å². The van der Waals surface area contributed by atoms with Gasteiger partial charge in [0.05, 0.1) is 5.52 Å². The van der Waals surface area contributed by atoms with Gasteiger partial charge in [0.15, 0.2) is 7.28 Å². The topological polar surface area (TPSA) is 30.1 Å². The van der Waals surface area contributed by atoms with Crippen molar-refractivity contribution in [3.05, 3.63) is 161 Å². The van der Waals surface area contributed by atoms with Gasteiger partial charge < -0.3 is 14.3 Å². The van der Waals surface area contributed by atoms with Crippen molar-refractivity contribution >= 4 is 105 Å². The Bertz CT molecular complexity index is 4030. The van der Waals surface area contributed by atoms with Crippen LogP contribution >= 0.6 is 11.3 Å². The number of hydrogen-bond donors (Lipinski definition) is 1. The molecule has 0 bridgehead atoms. The lowest BCUT2D eigenvalue weighted by atomic mass is 9.59. The van der Waals surface area contributed by atoms with Gasteiger partial charge in [-0.25, -0.2) is 0 Å². The van der Waals surface area contributed by atoms with Crippen molar-refractivity contribution in [2.24, 2.45) is 0 Å². The quantitative estimate of drug-likeness (QED) is 0.179. The summed E-state index contributed by atoms with van der Waals surface area (Å²) in [6.07, 6.45) is 2.39. The number of para-hydroxylation sites is 1. The van der Waals surface area contributed by atoms with Crippen molar-refractivity contribution in [3.8, 4) is 27.9 Å². The first kappa shape index (κ1) is 40.5. The molecule has 0 unspecified atom stereocenters. The summed E-state index contributed by atoms with van der Waals surface area (Å²) in [5, 5.41) is 11.5. The molecule has 0 saturated heterocycles. The van der Waals surface area contributed by atoms with E-state index in [1.165, 1.54) is 116 Å². The van der Waals surface area contributed by atoms with E-state index in [-0.39, 0.29) is 21.7 Å². The Labute approximate surface area is 403 Å². The van der Waals surface area contributed by atoms with Crippen LogP contribution in [0.3, 0.4) is 0 Å². The molecule has 68 heavy (non-hydrogen) atoms. The van der Waals surface area contributed by atoms with Crippen LogP contribution < -0.4 is 16.2 Å². The van der Waals surface area contributed by atoms with E-state index >= 15 is 0 Å². The minimum Gasteiger partial charge on any atom is -0.456 e. The molecule has 11 aromatic rings. The maximum absolute atomic E-state index is 6.61. The molecule has 0 atom stereocenters. The van der Waals surface area contributed by atoms with Gasteiger partial charge in [0.2, 0.25) is 0 Å². The molecule has 14 rings (SSSR count). The Hall–Kier alpha value is -6.56. The summed E-state index contributed by atoms with van der Waals surface area (Å²) in [5.41, 5.74) is 22.5. The lowest BCUT2D eigenvalue weighted by Gasteiger charge is -2.41. The number of hydrogen-bond acceptors (Lipinski definition) is 3. The van der Waals surface area contributed by atoms with Gasteiger partial charge >= 0.3 is 0 Å². The Kier molecular flexibility index (Phi) is 7.96. The van der Waals surface area contributed by atoms with Crippen molar-refractivity contribution in [2.75, 3.05) is 5.32 Å². The average molecular weight is 898 g/mol. The summed E-state index contributed by atoms with van der Waals surface area (Å²) in [5.74, 6) is 0. The fourth-order valence-electron chi connectivity index (χ4n) is 12.6. The van der Waals surface area contributed by atoms with Crippen molar-refractivity contribution in [3.63, 3.8) is 0 Å². The maximum atomic E-state index is 6.61. The van der Waals surface area contributed by atoms with Gasteiger partial charge in [-0.1, -0.05) is 135 Å². The lowest BCUT2D eigenvalue weighted by molar-refractivity contribution is 0.332. The van der Waals surface area contributed by atoms with Crippen LogP contribution in [0.2, 0.25) is 0 Å². The number of fused-ring (bicyclic) bond motifs is 15. The van der Waals surface area contributed by atoms with Gasteiger partial charge in [-0.15, -0.1) is 11.3 Å². The maximum Gasteiger partial charge on any atom is 0.198 e. The second-order valence-electron chi connectivity index (χ2n) is 23.1. The molecule has 1 aliphatic heterocycles. The molecule has 0 saturated carbocycles. The predicted octanol–water partition coefficient (Wildman–Crippen LogP) is 16.4. The molecule has 0 amide bonds. The molecular formula is C63H54BN2OS. The highest BCUT2D eigenvalue weighted by molar-refractivity contribution is 7.25. The number of nitrogens with zero attached hydrogens (tertiary/aromatic N) is 1. The monoisotopic (exact) mass is 897 g/mol. The molecule has 0 fully saturated rings. The van der Waals surface area contributed by atoms with Crippen molar-refractivity contribution in [2.45, 2.75) is 96.8 Å². The fourth-order valence-corrected chi connectivity index (χ4v) is 13.8. The Balaban J connectivity index is 1.07. The second kappa shape index (κ2) is 13.4. The normalized spacial score (nSPS) is 16.4. The van der Waals surface area contributed by atoms with Gasteiger partial charge in [0.25, 0.3) is 0 Å². The van der Waals surface area contributed by atoms with Crippen LogP contribution in [0.1, 0.15) is 103 Å². The summed E-state index contributed by atoms with van der Waals surface area (Å²) in [4.78, 5) is 0. The van der Waals surface area contributed by atoms with Crippen molar-refractivity contribution in [1.82, 2.24) is 4.57 Å². The van der Waals surface area contributed by atoms with Crippen molar-refractivity contribution in [1.29, 1.82) is 0 Å². The van der Waals surface area contributed by atoms with E-state index in [9.17, 15) is 0 Å². The molecule has 331 valence electrons. The third kappa shape index (κ3) is 5.54. The number of furan rings is 1. The molecule has 0 spiro atoms. The molecule has 1 N–H and O–H groups in total. The molecule has 3 aliphatic rings. The smallest absolute Gasteiger partial charge is 0.198 e. The Morgan fingerprint density at radius 2 is 1.26 bits per heavy atom. The van der Waals surface area contributed by atoms with Crippen LogP contribution in [-0.2, 0) is 21.7 Å².